The van der Waals surface area contributed by atoms with Gasteiger partial charge in [-0.25, -0.2) is 4.79 Å². The second kappa shape index (κ2) is 5.50. The Balaban J connectivity index is 1.63. The number of nitrogens with zero attached hydrogens (tertiary/aromatic N) is 4. The molecule has 3 rings (SSSR count). The minimum atomic E-state index is -0.146. The molecule has 1 aliphatic heterocycles. The predicted octanol–water partition coefficient (Wildman–Crippen LogP) is 2.41. The van der Waals surface area contributed by atoms with Gasteiger partial charge in [0.1, 0.15) is 0 Å². The van der Waals surface area contributed by atoms with Gasteiger partial charge < -0.3 is 10.2 Å². The van der Waals surface area contributed by atoms with Gasteiger partial charge in [0.25, 0.3) is 0 Å². The van der Waals surface area contributed by atoms with Gasteiger partial charge in [0.05, 0.1) is 29.1 Å². The van der Waals surface area contributed by atoms with Gasteiger partial charge in [-0.2, -0.15) is 15.0 Å². The Morgan fingerprint density at radius 3 is 2.80 bits per heavy atom. The molecule has 7 heteroatoms. The second-order valence-corrected chi connectivity index (χ2v) is 5.06. The highest BCUT2D eigenvalue weighted by atomic mass is 35.5. The minimum Gasteiger partial charge on any atom is -0.322 e. The number of hydrogen-bond acceptors (Lipinski definition) is 3. The van der Waals surface area contributed by atoms with E-state index in [0.29, 0.717) is 23.8 Å². The summed E-state index contributed by atoms with van der Waals surface area (Å²) in [6, 6.07) is 7.19. The summed E-state index contributed by atoms with van der Waals surface area (Å²) in [6.45, 7) is 1.29. The third-order valence-electron chi connectivity index (χ3n) is 3.33. The molecule has 2 heterocycles. The number of benzene rings is 1. The minimum absolute atomic E-state index is 0.141. The molecule has 6 nitrogen and oxygen atoms in total. The topological polar surface area (TPSA) is 63.1 Å². The van der Waals surface area contributed by atoms with Crippen molar-refractivity contribution in [1.29, 1.82) is 0 Å². The lowest BCUT2D eigenvalue weighted by molar-refractivity contribution is 0.220. The van der Waals surface area contributed by atoms with Crippen LogP contribution in [-0.4, -0.2) is 39.0 Å². The van der Waals surface area contributed by atoms with Gasteiger partial charge in [-0.3, -0.25) is 0 Å². The molecule has 0 saturated carbocycles. The van der Waals surface area contributed by atoms with Gasteiger partial charge in [0.15, 0.2) is 0 Å². The van der Waals surface area contributed by atoms with Crippen LogP contribution in [-0.2, 0) is 0 Å². The van der Waals surface area contributed by atoms with Crippen LogP contribution in [0.2, 0.25) is 5.02 Å². The number of likely N-dealkylation sites (tertiary alicyclic amines) is 1. The maximum absolute atomic E-state index is 12.2. The van der Waals surface area contributed by atoms with Gasteiger partial charge in [0, 0.05) is 13.1 Å². The first kappa shape index (κ1) is 12.9. The van der Waals surface area contributed by atoms with Crippen LogP contribution < -0.4 is 5.32 Å². The number of hydrogen-bond donors (Lipinski definition) is 1. The van der Waals surface area contributed by atoms with E-state index in [1.807, 2.05) is 12.1 Å². The number of aromatic nitrogens is 3. The molecule has 0 aliphatic carbocycles. The van der Waals surface area contributed by atoms with Gasteiger partial charge in [0.2, 0.25) is 0 Å². The van der Waals surface area contributed by atoms with Crippen LogP contribution >= 0.6 is 11.6 Å². The molecule has 0 bridgehead atoms. The fourth-order valence-corrected chi connectivity index (χ4v) is 2.47. The fourth-order valence-electron chi connectivity index (χ4n) is 2.29. The molecule has 1 fully saturated rings. The summed E-state index contributed by atoms with van der Waals surface area (Å²) in [6.07, 6.45) is 4.14. The summed E-state index contributed by atoms with van der Waals surface area (Å²) in [5.74, 6) is 0. The molecule has 20 heavy (non-hydrogen) atoms. The van der Waals surface area contributed by atoms with Gasteiger partial charge >= 0.3 is 6.03 Å². The zero-order valence-electron chi connectivity index (χ0n) is 10.7. The van der Waals surface area contributed by atoms with E-state index < -0.39 is 0 Å². The molecule has 1 aromatic carbocycles. The van der Waals surface area contributed by atoms with Crippen LogP contribution in [0.4, 0.5) is 10.5 Å². The molecule has 1 saturated heterocycles. The van der Waals surface area contributed by atoms with E-state index in [2.05, 4.69) is 15.5 Å². The van der Waals surface area contributed by atoms with Crippen molar-refractivity contribution in [3.8, 4) is 0 Å². The molecule has 1 unspecified atom stereocenters. The van der Waals surface area contributed by atoms with E-state index >= 15 is 0 Å². The number of rotatable bonds is 2. The maximum Gasteiger partial charge on any atom is 0.321 e. The number of urea groups is 1. The predicted molar refractivity (Wildman–Crippen MR) is 75.7 cm³/mol. The molecular formula is C13H14ClN5O. The summed E-state index contributed by atoms with van der Waals surface area (Å²) < 4.78 is 0. The van der Waals surface area contributed by atoms with Gasteiger partial charge in [-0.1, -0.05) is 23.7 Å². The van der Waals surface area contributed by atoms with E-state index in [-0.39, 0.29) is 12.1 Å². The van der Waals surface area contributed by atoms with Crippen LogP contribution in [0.25, 0.3) is 0 Å². The van der Waals surface area contributed by atoms with Crippen LogP contribution in [0.15, 0.2) is 36.7 Å². The standard InChI is InChI=1S/C13H14ClN5O/c14-11-3-1-2-4-12(11)17-13(20)18-8-5-10(9-18)19-15-6-7-16-19/h1-4,6-7,10H,5,8-9H2,(H,17,20). The first-order valence-corrected chi connectivity index (χ1v) is 6.78. The van der Waals surface area contributed by atoms with Crippen molar-refractivity contribution >= 4 is 23.3 Å². The van der Waals surface area contributed by atoms with Crippen molar-refractivity contribution in [2.45, 2.75) is 12.5 Å². The Morgan fingerprint density at radius 2 is 2.05 bits per heavy atom. The summed E-state index contributed by atoms with van der Waals surface area (Å²) >= 11 is 6.03. The van der Waals surface area contributed by atoms with Gasteiger partial charge in [-0.15, -0.1) is 0 Å². The van der Waals surface area contributed by atoms with Gasteiger partial charge in [-0.05, 0) is 18.6 Å². The van der Waals surface area contributed by atoms with Crippen LogP contribution in [0.5, 0.6) is 0 Å². The first-order valence-electron chi connectivity index (χ1n) is 6.40. The summed E-state index contributed by atoms with van der Waals surface area (Å²) in [4.78, 5) is 15.6. The van der Waals surface area contributed by atoms with Crippen molar-refractivity contribution in [3.63, 3.8) is 0 Å². The molecule has 1 N–H and O–H groups in total. The molecule has 0 spiro atoms. The number of carbonyl (C=O) groups is 1. The average molecular weight is 292 g/mol. The highest BCUT2D eigenvalue weighted by Gasteiger charge is 2.28. The molecule has 104 valence electrons. The number of para-hydroxylation sites is 1. The molecule has 2 amide bonds. The Morgan fingerprint density at radius 1 is 1.30 bits per heavy atom. The van der Waals surface area contributed by atoms with Crippen molar-refractivity contribution < 1.29 is 4.79 Å². The van der Waals surface area contributed by atoms with Crippen molar-refractivity contribution in [2.75, 3.05) is 18.4 Å². The lowest BCUT2D eigenvalue weighted by atomic mass is 10.3. The first-order chi connectivity index (χ1) is 9.74. The Kier molecular flexibility index (Phi) is 3.56. The maximum atomic E-state index is 12.2. The summed E-state index contributed by atoms with van der Waals surface area (Å²) in [5.41, 5.74) is 0.625. The largest absolute Gasteiger partial charge is 0.322 e. The van der Waals surface area contributed by atoms with Crippen LogP contribution in [0, 0.1) is 0 Å². The third-order valence-corrected chi connectivity index (χ3v) is 3.66. The molecule has 1 aliphatic rings. The number of amides is 2. The Bertz CT molecular complexity index is 601. The zero-order chi connectivity index (χ0) is 13.9. The van der Waals surface area contributed by atoms with Crippen molar-refractivity contribution in [1.82, 2.24) is 19.9 Å². The van der Waals surface area contributed by atoms with Crippen molar-refractivity contribution in [3.05, 3.63) is 41.7 Å². The second-order valence-electron chi connectivity index (χ2n) is 4.65. The number of carbonyl (C=O) groups excluding carboxylic acids is 1. The van der Waals surface area contributed by atoms with E-state index in [1.54, 1.807) is 34.2 Å². The smallest absolute Gasteiger partial charge is 0.321 e. The number of nitrogens with one attached hydrogen (secondary N) is 1. The van der Waals surface area contributed by atoms with E-state index in [4.69, 9.17) is 11.6 Å². The quantitative estimate of drug-likeness (QED) is 0.924. The lowest BCUT2D eigenvalue weighted by Gasteiger charge is -2.17. The van der Waals surface area contributed by atoms with Crippen LogP contribution in [0.1, 0.15) is 12.5 Å². The lowest BCUT2D eigenvalue weighted by Crippen LogP contribution is -2.33. The third kappa shape index (κ3) is 2.60. The van der Waals surface area contributed by atoms with E-state index in [0.717, 1.165) is 6.42 Å². The summed E-state index contributed by atoms with van der Waals surface area (Å²) in [7, 11) is 0. The zero-order valence-corrected chi connectivity index (χ0v) is 11.5. The highest BCUT2D eigenvalue weighted by Crippen LogP contribution is 2.23. The molecule has 2 aromatic rings. The normalized spacial score (nSPS) is 18.2. The van der Waals surface area contributed by atoms with E-state index in [9.17, 15) is 4.79 Å². The molecular weight excluding hydrogens is 278 g/mol. The molecule has 1 aromatic heterocycles. The number of anilines is 1. The molecule has 0 radical (unpaired) electrons. The van der Waals surface area contributed by atoms with Crippen molar-refractivity contribution in [2.24, 2.45) is 0 Å². The SMILES string of the molecule is O=C(Nc1ccccc1Cl)N1CCC(n2nccn2)C1. The highest BCUT2D eigenvalue weighted by molar-refractivity contribution is 6.33. The average Bonchev–Trinajstić information content (AvgIpc) is 3.11. The monoisotopic (exact) mass is 291 g/mol. The fraction of sp³-hybridized carbons (Fsp3) is 0.308. The summed E-state index contributed by atoms with van der Waals surface area (Å²) in [5, 5.41) is 11.6. The number of halogens is 1. The Hall–Kier alpha value is -2.08. The van der Waals surface area contributed by atoms with E-state index in [1.165, 1.54) is 0 Å². The van der Waals surface area contributed by atoms with Crippen LogP contribution in [0.3, 0.4) is 0 Å². The molecule has 1 atom stereocenters. The Labute approximate surface area is 121 Å².